The average molecular weight is 851 g/mol. The predicted molar refractivity (Wildman–Crippen MR) is 238 cm³/mol. The highest BCUT2D eigenvalue weighted by molar-refractivity contribution is 6.30. The maximum absolute atomic E-state index is 13.5. The second-order valence-corrected chi connectivity index (χ2v) is 15.6. The van der Waals surface area contributed by atoms with Crippen LogP contribution in [0.15, 0.2) is 73.3 Å². The van der Waals surface area contributed by atoms with Gasteiger partial charge in [-0.3, -0.25) is 4.79 Å². The number of nitrogens with zero attached hydrogens (tertiary/aromatic N) is 6. The van der Waals surface area contributed by atoms with E-state index in [1.807, 2.05) is 65.6 Å². The Balaban J connectivity index is 0.000000205. The molecule has 5 aromatic rings. The molecule has 14 nitrogen and oxygen atoms in total. The molecule has 0 unspecified atom stereocenters. The summed E-state index contributed by atoms with van der Waals surface area (Å²) in [4.78, 5) is 35.3. The first kappa shape index (κ1) is 45.0. The summed E-state index contributed by atoms with van der Waals surface area (Å²) < 4.78 is 21.8. The molecule has 1 aliphatic carbocycles. The number of carbonyl (C=O) groups excluding carboxylic acids is 1. The third-order valence-corrected chi connectivity index (χ3v) is 10.8. The molecule has 0 spiro atoms. The molecule has 2 aromatic heterocycles. The summed E-state index contributed by atoms with van der Waals surface area (Å²) in [5.74, 6) is 5.46. The molecule has 7 rings (SSSR count). The summed E-state index contributed by atoms with van der Waals surface area (Å²) in [6.45, 7) is 11.3. The highest BCUT2D eigenvalue weighted by Gasteiger charge is 2.35. The molecular weight excluding hydrogens is 796 g/mol. The molecule has 0 saturated carbocycles. The second kappa shape index (κ2) is 21.8. The van der Waals surface area contributed by atoms with Crippen molar-refractivity contribution in [1.29, 1.82) is 0 Å². The number of hydrogen-bond donors (Lipinski definition) is 3. The number of aliphatic hydroxyl groups is 1. The number of benzene rings is 3. The summed E-state index contributed by atoms with van der Waals surface area (Å²) in [6.07, 6.45) is 8.71. The molecule has 0 bridgehead atoms. The lowest BCUT2D eigenvalue weighted by Gasteiger charge is -2.38. The molecule has 1 amide bonds. The number of ether oxygens (including phenoxy) is 4. The highest BCUT2D eigenvalue weighted by atomic mass is 35.5. The van der Waals surface area contributed by atoms with Crippen LogP contribution in [-0.4, -0.2) is 115 Å². The number of fused-ring (bicyclic) bond motifs is 2. The Hall–Kier alpha value is -5.56. The number of nitrogens with one attached hydrogen (secondary N) is 2. The van der Waals surface area contributed by atoms with Crippen molar-refractivity contribution in [2.24, 2.45) is 0 Å². The summed E-state index contributed by atoms with van der Waals surface area (Å²) >= 11 is 6.06. The molecule has 1 fully saturated rings. The Bertz CT molecular complexity index is 2260. The Morgan fingerprint density at radius 2 is 1.61 bits per heavy atom. The van der Waals surface area contributed by atoms with Crippen molar-refractivity contribution < 1.29 is 28.8 Å². The normalized spacial score (nSPS) is 16.4. The lowest BCUT2D eigenvalue weighted by Crippen LogP contribution is -2.51. The van der Waals surface area contributed by atoms with Crippen LogP contribution in [0, 0.1) is 12.3 Å². The summed E-state index contributed by atoms with van der Waals surface area (Å²) in [7, 11) is 3.25. The smallest absolute Gasteiger partial charge is 0.231 e. The average Bonchev–Trinajstić information content (AvgIpc) is 3.57. The van der Waals surface area contributed by atoms with Crippen molar-refractivity contribution in [3.63, 3.8) is 0 Å². The number of terminal acetylenes is 1. The van der Waals surface area contributed by atoms with E-state index in [4.69, 9.17) is 37.0 Å². The summed E-state index contributed by atoms with van der Waals surface area (Å²) in [5.41, 5.74) is 5.13. The number of methoxy groups -OCH3 is 2. The molecule has 61 heavy (non-hydrogen) atoms. The molecule has 3 heterocycles. The van der Waals surface area contributed by atoms with E-state index in [0.29, 0.717) is 94.0 Å². The van der Waals surface area contributed by atoms with Crippen LogP contribution in [-0.2, 0) is 14.3 Å². The first-order chi connectivity index (χ1) is 29.6. The van der Waals surface area contributed by atoms with Gasteiger partial charge in [0.15, 0.2) is 11.5 Å². The maximum Gasteiger partial charge on any atom is 0.231 e. The van der Waals surface area contributed by atoms with Gasteiger partial charge in [-0.05, 0) is 54.3 Å². The number of amides is 1. The quantitative estimate of drug-likeness (QED) is 0.0731. The van der Waals surface area contributed by atoms with Crippen molar-refractivity contribution >= 4 is 45.7 Å². The zero-order chi connectivity index (χ0) is 43.3. The van der Waals surface area contributed by atoms with Gasteiger partial charge in [0, 0.05) is 86.3 Å². The van der Waals surface area contributed by atoms with Gasteiger partial charge in [0.05, 0.1) is 36.4 Å². The van der Waals surface area contributed by atoms with Gasteiger partial charge in [0.1, 0.15) is 37.5 Å². The molecule has 3 N–H and O–H groups in total. The lowest BCUT2D eigenvalue weighted by molar-refractivity contribution is -0.133. The fourth-order valence-corrected chi connectivity index (χ4v) is 7.52. The van der Waals surface area contributed by atoms with Crippen LogP contribution in [0.2, 0.25) is 5.02 Å². The minimum absolute atomic E-state index is 0.136. The molecule has 3 aromatic carbocycles. The van der Waals surface area contributed by atoms with Gasteiger partial charge >= 0.3 is 0 Å². The van der Waals surface area contributed by atoms with Gasteiger partial charge in [-0.15, -0.1) is 6.42 Å². The molecule has 1 aliphatic heterocycles. The Morgan fingerprint density at radius 1 is 0.918 bits per heavy atom. The van der Waals surface area contributed by atoms with Crippen LogP contribution in [0.1, 0.15) is 67.5 Å². The van der Waals surface area contributed by atoms with Crippen LogP contribution < -0.4 is 25.0 Å². The van der Waals surface area contributed by atoms with Crippen LogP contribution in [0.5, 0.6) is 11.5 Å². The summed E-state index contributed by atoms with van der Waals surface area (Å²) in [5, 5.41) is 18.5. The third-order valence-electron chi connectivity index (χ3n) is 10.6. The molecule has 3 atom stereocenters. The van der Waals surface area contributed by atoms with Crippen LogP contribution in [0.3, 0.4) is 0 Å². The molecule has 322 valence electrons. The summed E-state index contributed by atoms with van der Waals surface area (Å²) in [6, 6.07) is 19.1. The molecular formula is C46H55ClN8O6. The second-order valence-electron chi connectivity index (χ2n) is 15.2. The van der Waals surface area contributed by atoms with E-state index in [-0.39, 0.29) is 17.7 Å². The highest BCUT2D eigenvalue weighted by Crippen LogP contribution is 2.43. The first-order valence-corrected chi connectivity index (χ1v) is 20.9. The number of anilines is 3. The van der Waals surface area contributed by atoms with Gasteiger partial charge in [-0.25, -0.2) is 19.9 Å². The van der Waals surface area contributed by atoms with Crippen LogP contribution >= 0.6 is 11.6 Å². The Labute approximate surface area is 363 Å². The zero-order valence-corrected chi connectivity index (χ0v) is 36.2. The fraction of sp³-hybridized carbons (Fsp3) is 0.413. The van der Waals surface area contributed by atoms with Crippen molar-refractivity contribution in [1.82, 2.24) is 30.2 Å². The number of piperazine rings is 1. The number of aliphatic hydroxyl groups excluding tert-OH is 1. The van der Waals surface area contributed by atoms with E-state index >= 15 is 0 Å². The van der Waals surface area contributed by atoms with Crippen molar-refractivity contribution in [3.8, 4) is 23.8 Å². The Morgan fingerprint density at radius 3 is 2.28 bits per heavy atom. The van der Waals surface area contributed by atoms with Gasteiger partial charge < -0.3 is 44.5 Å². The third kappa shape index (κ3) is 11.6. The van der Waals surface area contributed by atoms with Crippen LogP contribution in [0.25, 0.3) is 10.9 Å². The van der Waals surface area contributed by atoms with E-state index in [0.717, 1.165) is 44.8 Å². The van der Waals surface area contributed by atoms with Crippen LogP contribution in [0.4, 0.5) is 17.3 Å². The number of rotatable bonds is 16. The number of aromatic nitrogens is 4. The van der Waals surface area contributed by atoms with Gasteiger partial charge in [-0.1, -0.05) is 56.5 Å². The predicted octanol–water partition coefficient (Wildman–Crippen LogP) is 6.51. The monoisotopic (exact) mass is 850 g/mol. The first-order valence-electron chi connectivity index (χ1n) is 20.5. The number of carbonyl (C=O) groups is 1. The minimum Gasteiger partial charge on any atom is -0.487 e. The van der Waals surface area contributed by atoms with Gasteiger partial charge in [-0.2, -0.15) is 0 Å². The standard InChI is InChI=1S/C24H32ClN5O2.C22H23N3O4/c1-15(2)26-13-19(17-4-6-18(25)7-5-17)24(32)30-10-8-29(9-11-30)23-21-16(3)12-20(31)22(21)27-14-28-23;1-4-16-6-5-7-17(12-16)25-22-18-13-20(28-10-8-26-2)21(29-11-9-27-3)14-19(18)23-15-24-22/h4-7,14-16,19-20,26,31H,8-13H2,1-3H3;1,5-7,12-15H,8-11H2,2-3H3,(H,23,24,25)/t16-,19-,20-;/m1./s1. The molecule has 15 heteroatoms. The van der Waals surface area contributed by atoms with E-state index in [1.54, 1.807) is 20.5 Å². The van der Waals surface area contributed by atoms with Crippen molar-refractivity contribution in [3.05, 3.63) is 101 Å². The largest absolute Gasteiger partial charge is 0.487 e. The van der Waals surface area contributed by atoms with E-state index in [1.165, 1.54) is 6.33 Å². The topological polar surface area (TPSA) is 156 Å². The molecule has 2 aliphatic rings. The zero-order valence-electron chi connectivity index (χ0n) is 35.4. The van der Waals surface area contributed by atoms with E-state index in [2.05, 4.69) is 62.2 Å². The lowest BCUT2D eigenvalue weighted by atomic mass is 9.96. The fourth-order valence-electron chi connectivity index (χ4n) is 7.39. The van der Waals surface area contributed by atoms with Crippen molar-refractivity contribution in [2.75, 3.05) is 83.6 Å². The van der Waals surface area contributed by atoms with Gasteiger partial charge in [0.25, 0.3) is 0 Å². The maximum atomic E-state index is 13.5. The van der Waals surface area contributed by atoms with Gasteiger partial charge in [0.2, 0.25) is 5.91 Å². The molecule has 0 radical (unpaired) electrons. The van der Waals surface area contributed by atoms with Crippen molar-refractivity contribution in [2.45, 2.75) is 51.2 Å². The SMILES string of the molecule is C#Cc1cccc(Nc2ncnc3cc(OCCOC)c(OCCOC)cc23)c1.CC(C)NC[C@@H](C(=O)N1CCN(c2ncnc3c2[C@H](C)C[C@H]3O)CC1)c1ccc(Cl)cc1. The van der Waals surface area contributed by atoms with E-state index in [9.17, 15) is 9.90 Å². The minimum atomic E-state index is -0.516. The Kier molecular flexibility index (Phi) is 16.1. The van der Waals surface area contributed by atoms with E-state index < -0.39 is 6.10 Å². The number of halogens is 1. The number of hydrogen-bond acceptors (Lipinski definition) is 13. The molecule has 1 saturated heterocycles.